The molecule has 24 heavy (non-hydrogen) atoms. The summed E-state index contributed by atoms with van der Waals surface area (Å²) >= 11 is 13.1. The van der Waals surface area contributed by atoms with E-state index in [1.54, 1.807) is 24.3 Å². The van der Waals surface area contributed by atoms with E-state index in [1.165, 1.54) is 39.4 Å². The molecule has 0 bridgehead atoms. The van der Waals surface area contributed by atoms with Crippen LogP contribution in [0.1, 0.15) is 0 Å². The maximum atomic E-state index is 13.2. The molecule has 3 rings (SSSR count). The van der Waals surface area contributed by atoms with Crippen LogP contribution in [0, 0.1) is 0 Å². The monoisotopic (exact) mass is 446 g/mol. The number of carbonyl (C=O) groups is 1. The minimum atomic E-state index is -3.97. The molecule has 1 aliphatic heterocycles. The molecular formula is C15H13AsCl2N2O3S. The van der Waals surface area contributed by atoms with Crippen LogP contribution in [0.15, 0.2) is 47.4 Å². The van der Waals surface area contributed by atoms with E-state index < -0.39 is 16.1 Å². The number of para-hydroxylation sites is 2. The third kappa shape index (κ3) is 2.92. The zero-order valence-corrected chi connectivity index (χ0v) is 17.0. The molecule has 1 amide bonds. The number of hydrogen-bond acceptors (Lipinski definition) is 3. The zero-order valence-electron chi connectivity index (χ0n) is 12.2. The maximum absolute atomic E-state index is 13.2. The van der Waals surface area contributed by atoms with Crippen molar-refractivity contribution in [3.8, 4) is 0 Å². The van der Waals surface area contributed by atoms with Gasteiger partial charge < -0.3 is 0 Å². The van der Waals surface area contributed by atoms with Crippen LogP contribution >= 0.6 is 23.2 Å². The molecule has 1 unspecified atom stereocenters. The van der Waals surface area contributed by atoms with E-state index in [4.69, 9.17) is 23.2 Å². The van der Waals surface area contributed by atoms with E-state index in [1.807, 2.05) is 0 Å². The van der Waals surface area contributed by atoms with Crippen molar-refractivity contribution < 1.29 is 13.2 Å². The predicted molar refractivity (Wildman–Crippen MR) is 98.3 cm³/mol. The molecule has 0 radical (unpaired) electrons. The topological polar surface area (TPSA) is 66.5 Å². The summed E-state index contributed by atoms with van der Waals surface area (Å²) in [6, 6.07) is 10.1. The SMILES string of the molecule is O=C1Nc2ccccc2N(S(=O)(=O)c2ccc(Cl)c(Cl)c2)[C@H]1C[AsH2]. The van der Waals surface area contributed by atoms with Crippen LogP contribution < -0.4 is 9.62 Å². The molecule has 0 aliphatic carbocycles. The van der Waals surface area contributed by atoms with E-state index in [0.717, 1.165) is 0 Å². The standard InChI is InChI=1S/C15H13AsCl2N2O3S/c16-8-14-15(21)19-12-3-1-2-4-13(12)20(14)24(22,23)9-5-6-10(17)11(18)7-9/h1-7,14H,8,16H2,(H,19,21)/t14-/m0/s1. The Morgan fingerprint density at radius 2 is 1.83 bits per heavy atom. The number of rotatable bonds is 3. The molecule has 2 aromatic carbocycles. The van der Waals surface area contributed by atoms with Gasteiger partial charge in [-0.1, -0.05) is 0 Å². The van der Waals surface area contributed by atoms with Crippen molar-refractivity contribution in [3.63, 3.8) is 0 Å². The van der Waals surface area contributed by atoms with Gasteiger partial charge in [0.05, 0.1) is 0 Å². The summed E-state index contributed by atoms with van der Waals surface area (Å²) < 4.78 is 27.5. The second-order valence-corrected chi connectivity index (χ2v) is 8.75. The van der Waals surface area contributed by atoms with Gasteiger partial charge in [-0.3, -0.25) is 0 Å². The Balaban J connectivity index is 2.20. The summed E-state index contributed by atoms with van der Waals surface area (Å²) in [6.07, 6.45) is 0. The number of hydrogen-bond donors (Lipinski definition) is 1. The van der Waals surface area contributed by atoms with Crippen LogP contribution in [-0.4, -0.2) is 37.2 Å². The Labute approximate surface area is 158 Å². The molecule has 0 spiro atoms. The van der Waals surface area contributed by atoms with Crippen LogP contribution in [0.2, 0.25) is 15.3 Å². The van der Waals surface area contributed by atoms with E-state index in [2.05, 4.69) is 5.32 Å². The second-order valence-electron chi connectivity index (χ2n) is 5.13. The average molecular weight is 447 g/mol. The number of anilines is 2. The summed E-state index contributed by atoms with van der Waals surface area (Å²) in [5.41, 5.74) is 0.897. The van der Waals surface area contributed by atoms with Crippen molar-refractivity contribution in [3.05, 3.63) is 52.5 Å². The van der Waals surface area contributed by atoms with Gasteiger partial charge in [-0.05, 0) is 0 Å². The quantitative estimate of drug-likeness (QED) is 0.736. The van der Waals surface area contributed by atoms with Crippen LogP contribution in [0.5, 0.6) is 0 Å². The third-order valence-corrected chi connectivity index (χ3v) is 7.15. The van der Waals surface area contributed by atoms with E-state index in [9.17, 15) is 13.2 Å². The minimum absolute atomic E-state index is 0.00708. The summed E-state index contributed by atoms with van der Waals surface area (Å²) in [7, 11) is -3.97. The Kier molecular flexibility index (Phi) is 4.84. The molecule has 1 heterocycles. The fourth-order valence-corrected chi connectivity index (χ4v) is 5.76. The van der Waals surface area contributed by atoms with E-state index in [0.29, 0.717) is 16.6 Å². The van der Waals surface area contributed by atoms with Gasteiger partial charge in [-0.25, -0.2) is 0 Å². The molecule has 0 aromatic heterocycles. The number of amides is 1. The summed E-state index contributed by atoms with van der Waals surface area (Å²) in [6.45, 7) is 0. The summed E-state index contributed by atoms with van der Waals surface area (Å²) in [5, 5.41) is 3.56. The normalized spacial score (nSPS) is 17.4. The van der Waals surface area contributed by atoms with Crippen molar-refractivity contribution in [1.29, 1.82) is 0 Å². The molecule has 2 atom stereocenters. The van der Waals surface area contributed by atoms with Gasteiger partial charge in [0.15, 0.2) is 0 Å². The van der Waals surface area contributed by atoms with Gasteiger partial charge in [0, 0.05) is 0 Å². The summed E-state index contributed by atoms with van der Waals surface area (Å²) in [5.74, 6) is -0.346. The van der Waals surface area contributed by atoms with Crippen molar-refractivity contribution in [1.82, 2.24) is 0 Å². The molecule has 5 nitrogen and oxygen atoms in total. The van der Waals surface area contributed by atoms with Crippen LogP contribution in [0.25, 0.3) is 0 Å². The third-order valence-electron chi connectivity index (χ3n) is 3.66. The second kappa shape index (κ2) is 6.60. The number of nitrogens with one attached hydrogen (secondary N) is 1. The van der Waals surface area contributed by atoms with Crippen molar-refractivity contribution in [2.45, 2.75) is 16.1 Å². The predicted octanol–water partition coefficient (Wildman–Crippen LogP) is 2.56. The van der Waals surface area contributed by atoms with E-state index >= 15 is 0 Å². The van der Waals surface area contributed by atoms with Crippen LogP contribution in [0.4, 0.5) is 11.4 Å². The van der Waals surface area contributed by atoms with E-state index in [-0.39, 0.29) is 20.8 Å². The molecule has 0 saturated heterocycles. The first-order chi connectivity index (χ1) is 11.4. The molecule has 2 aromatic rings. The van der Waals surface area contributed by atoms with Crippen molar-refractivity contribution in [2.24, 2.45) is 0 Å². The van der Waals surface area contributed by atoms with Crippen LogP contribution in [-0.2, 0) is 14.8 Å². The number of fused-ring (bicyclic) bond motifs is 1. The number of nitrogens with zero attached hydrogens (tertiary/aromatic N) is 1. The Hall–Kier alpha value is -1.20. The fraction of sp³-hybridized carbons (Fsp3) is 0.133. The van der Waals surface area contributed by atoms with Gasteiger partial charge in [0.2, 0.25) is 0 Å². The van der Waals surface area contributed by atoms with Gasteiger partial charge in [0.25, 0.3) is 0 Å². The number of benzene rings is 2. The Bertz CT molecular complexity index is 921. The molecule has 126 valence electrons. The van der Waals surface area contributed by atoms with Crippen LogP contribution in [0.3, 0.4) is 0 Å². The first-order valence-corrected chi connectivity index (χ1v) is 10.9. The Morgan fingerprint density at radius 1 is 1.12 bits per heavy atom. The average Bonchev–Trinajstić information content (AvgIpc) is 2.55. The molecule has 1 N–H and O–H groups in total. The van der Waals surface area contributed by atoms with Crippen molar-refractivity contribution in [2.75, 3.05) is 9.62 Å². The van der Waals surface area contributed by atoms with Gasteiger partial charge >= 0.3 is 159 Å². The Morgan fingerprint density at radius 3 is 2.50 bits per heavy atom. The first kappa shape index (κ1) is 17.6. The zero-order chi connectivity index (χ0) is 17.5. The number of sulfonamides is 1. The molecule has 0 fully saturated rings. The molecule has 1 aliphatic rings. The van der Waals surface area contributed by atoms with Gasteiger partial charge in [0.1, 0.15) is 0 Å². The number of carbonyl (C=O) groups excluding carboxylic acids is 1. The molecular weight excluding hydrogens is 434 g/mol. The fourth-order valence-electron chi connectivity index (χ4n) is 2.51. The molecule has 0 saturated carbocycles. The van der Waals surface area contributed by atoms with Gasteiger partial charge in [-0.2, -0.15) is 0 Å². The molecule has 9 heteroatoms. The first-order valence-electron chi connectivity index (χ1n) is 6.95. The number of halogens is 2. The van der Waals surface area contributed by atoms with Gasteiger partial charge in [-0.15, -0.1) is 0 Å². The van der Waals surface area contributed by atoms with Crippen molar-refractivity contribution >= 4 is 67.4 Å². The summed E-state index contributed by atoms with van der Waals surface area (Å²) in [4.78, 5) is 12.3.